The number of phenols is 1. The van der Waals surface area contributed by atoms with Gasteiger partial charge in [-0.2, -0.15) is 0 Å². The lowest BCUT2D eigenvalue weighted by Crippen LogP contribution is -2.13. The number of hydrogen-bond donors (Lipinski definition) is 1. The van der Waals surface area contributed by atoms with Crippen LogP contribution in [0.15, 0.2) is 146 Å². The molecule has 0 unspecified atom stereocenters. The Morgan fingerprint density at radius 2 is 1.10 bits per heavy atom. The first-order chi connectivity index (χ1) is 28.9. The number of nitrogens with zero attached hydrogens (tertiary/aromatic N) is 3. The molecule has 8 aromatic rings. The molecule has 0 amide bonds. The van der Waals surface area contributed by atoms with Crippen LogP contribution in [-0.2, 0) is 16.2 Å². The maximum Gasteiger partial charge on any atom is 0.149 e. The topological polar surface area (TPSA) is 50.9 Å². The molecule has 0 radical (unpaired) electrons. The number of aromatic nitrogens is 3. The van der Waals surface area contributed by atoms with Crippen molar-refractivity contribution < 1.29 is 5.11 Å². The molecule has 0 fully saturated rings. The molecule has 0 aliphatic heterocycles. The molecular weight excluding hydrogens is 743 g/mol. The van der Waals surface area contributed by atoms with Crippen LogP contribution in [0.2, 0.25) is 0 Å². The minimum Gasteiger partial charge on any atom is -0.507 e. The van der Waals surface area contributed by atoms with Gasteiger partial charge in [-0.25, -0.2) is 4.98 Å². The minimum atomic E-state index is -0.159. The third kappa shape index (κ3) is 8.16. The first-order valence-electron chi connectivity index (χ1n) is 21.7. The first-order valence-corrected chi connectivity index (χ1v) is 21.7. The molecule has 0 aliphatic carbocycles. The molecule has 61 heavy (non-hydrogen) atoms. The van der Waals surface area contributed by atoms with E-state index < -0.39 is 0 Å². The molecule has 308 valence electrons. The Kier molecular flexibility index (Phi) is 10.6. The summed E-state index contributed by atoms with van der Waals surface area (Å²) in [7, 11) is 0. The summed E-state index contributed by atoms with van der Waals surface area (Å²) >= 11 is 0. The van der Waals surface area contributed by atoms with Gasteiger partial charge in [0.2, 0.25) is 0 Å². The number of aromatic hydroxyl groups is 1. The van der Waals surface area contributed by atoms with E-state index in [4.69, 9.17) is 9.97 Å². The van der Waals surface area contributed by atoms with Crippen molar-refractivity contribution >= 4 is 11.0 Å². The molecule has 0 bridgehead atoms. The van der Waals surface area contributed by atoms with Crippen molar-refractivity contribution in [1.82, 2.24) is 14.5 Å². The van der Waals surface area contributed by atoms with Crippen LogP contribution in [0.25, 0.3) is 72.7 Å². The van der Waals surface area contributed by atoms with Gasteiger partial charge in [0.15, 0.2) is 0 Å². The highest BCUT2D eigenvalue weighted by molar-refractivity contribution is 5.98. The van der Waals surface area contributed by atoms with Crippen molar-refractivity contribution in [2.75, 3.05) is 0 Å². The Hall–Kier alpha value is -6.26. The van der Waals surface area contributed by atoms with Gasteiger partial charge in [-0.05, 0) is 115 Å². The maximum absolute atomic E-state index is 12.4. The van der Waals surface area contributed by atoms with Crippen molar-refractivity contribution in [3.8, 4) is 67.5 Å². The third-order valence-electron chi connectivity index (χ3n) is 12.0. The molecule has 4 nitrogen and oxygen atoms in total. The van der Waals surface area contributed by atoms with Gasteiger partial charge in [-0.1, -0.05) is 167 Å². The highest BCUT2D eigenvalue weighted by atomic mass is 16.3. The summed E-state index contributed by atoms with van der Waals surface area (Å²) in [5, 5.41) is 12.4. The number of hydrogen-bond acceptors (Lipinski definition) is 3. The Bertz CT molecular complexity index is 2880. The lowest BCUT2D eigenvalue weighted by Gasteiger charge is -2.25. The lowest BCUT2D eigenvalue weighted by atomic mass is 9.83. The highest BCUT2D eigenvalue weighted by Crippen LogP contribution is 2.45. The van der Waals surface area contributed by atoms with Crippen molar-refractivity contribution in [1.29, 1.82) is 0 Å². The fraction of sp³-hybridized carbons (Fsp3) is 0.263. The summed E-state index contributed by atoms with van der Waals surface area (Å²) in [6, 6.07) is 50.0. The Labute approximate surface area is 363 Å². The molecule has 6 aromatic carbocycles. The Morgan fingerprint density at radius 3 is 1.74 bits per heavy atom. The van der Waals surface area contributed by atoms with Crippen molar-refractivity contribution in [3.05, 3.63) is 168 Å². The SMILES string of the molecule is CC(C)c1cc(C(C)(C)C)cc(-c2nc3c(-c4cc(-c5cc(-c6ccccc6)ccn5)cc(C(C)(C)C)c4)cccc3n2-c2ccc(C(C)(C)C)cc2-c2ccccc2)c1O. The molecule has 1 N–H and O–H groups in total. The largest absolute Gasteiger partial charge is 0.507 e. The molecule has 2 heterocycles. The predicted octanol–water partition coefficient (Wildman–Crippen LogP) is 15.5. The number of rotatable bonds is 7. The normalized spacial score (nSPS) is 12.4. The van der Waals surface area contributed by atoms with E-state index in [2.05, 4.69) is 214 Å². The summed E-state index contributed by atoms with van der Waals surface area (Å²) in [6.45, 7) is 24.6. The van der Waals surface area contributed by atoms with E-state index in [0.717, 1.165) is 78.0 Å². The fourth-order valence-corrected chi connectivity index (χ4v) is 8.27. The lowest BCUT2D eigenvalue weighted by molar-refractivity contribution is 0.465. The summed E-state index contributed by atoms with van der Waals surface area (Å²) in [5.74, 6) is 1.08. The number of pyridine rings is 1. The molecule has 2 aromatic heterocycles. The number of imidazole rings is 1. The second kappa shape index (κ2) is 15.6. The monoisotopic (exact) mass is 801 g/mol. The van der Waals surface area contributed by atoms with E-state index in [1.54, 1.807) is 0 Å². The molecule has 4 heteroatoms. The van der Waals surface area contributed by atoms with Gasteiger partial charge in [-0.15, -0.1) is 0 Å². The molecule has 0 atom stereocenters. The smallest absolute Gasteiger partial charge is 0.149 e. The van der Waals surface area contributed by atoms with Crippen LogP contribution in [0.3, 0.4) is 0 Å². The number of benzene rings is 6. The van der Waals surface area contributed by atoms with Gasteiger partial charge in [0.25, 0.3) is 0 Å². The second-order valence-electron chi connectivity index (χ2n) is 20.0. The third-order valence-corrected chi connectivity index (χ3v) is 12.0. The summed E-state index contributed by atoms with van der Waals surface area (Å²) in [4.78, 5) is 10.6. The predicted molar refractivity (Wildman–Crippen MR) is 258 cm³/mol. The zero-order valence-corrected chi connectivity index (χ0v) is 37.7. The Balaban J connectivity index is 1.46. The Morgan fingerprint density at radius 1 is 0.492 bits per heavy atom. The van der Waals surface area contributed by atoms with Gasteiger partial charge in [0.05, 0.1) is 28.0 Å². The molecule has 0 spiro atoms. The van der Waals surface area contributed by atoms with E-state index in [1.807, 2.05) is 12.3 Å². The van der Waals surface area contributed by atoms with Crippen molar-refractivity contribution in [3.63, 3.8) is 0 Å². The van der Waals surface area contributed by atoms with E-state index in [9.17, 15) is 5.11 Å². The molecule has 0 saturated heterocycles. The fourth-order valence-electron chi connectivity index (χ4n) is 8.27. The number of phenolic OH excluding ortho intramolecular Hbond substituents is 1. The van der Waals surface area contributed by atoms with Gasteiger partial charge >= 0.3 is 0 Å². The van der Waals surface area contributed by atoms with E-state index >= 15 is 0 Å². The number of fused-ring (bicyclic) bond motifs is 1. The molecule has 8 rings (SSSR count). The van der Waals surface area contributed by atoms with Crippen molar-refractivity contribution in [2.24, 2.45) is 0 Å². The first kappa shape index (κ1) is 41.5. The van der Waals surface area contributed by atoms with Crippen LogP contribution >= 0.6 is 0 Å². The van der Waals surface area contributed by atoms with Crippen LogP contribution in [0.5, 0.6) is 5.75 Å². The van der Waals surface area contributed by atoms with Crippen LogP contribution in [0, 0.1) is 0 Å². The van der Waals surface area contributed by atoms with Crippen LogP contribution < -0.4 is 0 Å². The zero-order valence-electron chi connectivity index (χ0n) is 37.7. The average molecular weight is 802 g/mol. The van der Waals surface area contributed by atoms with E-state index in [0.29, 0.717) is 5.82 Å². The van der Waals surface area contributed by atoms with Gasteiger partial charge in [0, 0.05) is 22.9 Å². The average Bonchev–Trinajstić information content (AvgIpc) is 3.62. The van der Waals surface area contributed by atoms with E-state index in [-0.39, 0.29) is 27.9 Å². The van der Waals surface area contributed by atoms with E-state index in [1.165, 1.54) is 11.1 Å². The summed E-state index contributed by atoms with van der Waals surface area (Å²) in [6.07, 6.45) is 1.91. The summed E-state index contributed by atoms with van der Waals surface area (Å²) in [5.41, 5.74) is 16.3. The van der Waals surface area contributed by atoms with Crippen LogP contribution in [0.1, 0.15) is 104 Å². The standard InChI is InChI=1S/C57H59N3O/c1-36(2)46-34-44(57(9,10)11)35-48(53(46)61)54-59-52-45(23-18-24-51(52)60(54)50-26-25-42(55(3,4)5)33-47(50)38-21-16-13-17-22-38)40-29-41(31-43(30-40)56(6,7)8)49-32-39(27-28-58-49)37-19-14-12-15-20-37/h12-36,61H,1-11H3. The van der Waals surface area contributed by atoms with Crippen LogP contribution in [0.4, 0.5) is 0 Å². The van der Waals surface area contributed by atoms with Crippen molar-refractivity contribution in [2.45, 2.75) is 98.3 Å². The van der Waals surface area contributed by atoms with Gasteiger partial charge in [-0.3, -0.25) is 9.55 Å². The van der Waals surface area contributed by atoms with Gasteiger partial charge < -0.3 is 5.11 Å². The maximum atomic E-state index is 12.4. The second-order valence-corrected chi connectivity index (χ2v) is 20.0. The summed E-state index contributed by atoms with van der Waals surface area (Å²) < 4.78 is 2.29. The molecule has 0 saturated carbocycles. The van der Waals surface area contributed by atoms with Crippen LogP contribution in [-0.4, -0.2) is 19.6 Å². The minimum absolute atomic E-state index is 0.0637. The quantitative estimate of drug-likeness (QED) is 0.175. The molecular formula is C57H59N3O. The highest BCUT2D eigenvalue weighted by Gasteiger charge is 2.28. The number of para-hydroxylation sites is 1. The van der Waals surface area contributed by atoms with Gasteiger partial charge in [0.1, 0.15) is 11.6 Å². The molecule has 0 aliphatic rings. The zero-order chi connectivity index (χ0) is 43.4.